The fourth-order valence-corrected chi connectivity index (χ4v) is 3.13. The van der Waals surface area contributed by atoms with Gasteiger partial charge >= 0.3 is 0 Å². The van der Waals surface area contributed by atoms with Gasteiger partial charge in [0.1, 0.15) is 23.2 Å². The number of aromatic nitrogens is 4. The molecule has 1 atom stereocenters. The van der Waals surface area contributed by atoms with Crippen LogP contribution in [0, 0.1) is 17.3 Å². The van der Waals surface area contributed by atoms with Crippen LogP contribution in [0.15, 0.2) is 30.7 Å². The van der Waals surface area contributed by atoms with Crippen LogP contribution in [-0.2, 0) is 0 Å². The molecule has 1 aliphatic rings. The molecule has 27 heavy (non-hydrogen) atoms. The van der Waals surface area contributed by atoms with Crippen molar-refractivity contribution in [1.82, 2.24) is 25.3 Å². The van der Waals surface area contributed by atoms with Crippen molar-refractivity contribution in [3.63, 3.8) is 0 Å². The second-order valence-corrected chi connectivity index (χ2v) is 6.47. The zero-order valence-corrected chi connectivity index (χ0v) is 14.8. The number of rotatable bonds is 4. The molecule has 10 heteroatoms. The predicted octanol–water partition coefficient (Wildman–Crippen LogP) is 2.61. The average molecular weight is 385 g/mol. The minimum Gasteiger partial charge on any atom is -0.339 e. The Morgan fingerprint density at radius 2 is 2.19 bits per heavy atom. The fraction of sp³-hybridized carbons (Fsp3) is 0.235. The van der Waals surface area contributed by atoms with Gasteiger partial charge in [0.2, 0.25) is 5.95 Å². The van der Waals surface area contributed by atoms with Gasteiger partial charge in [0, 0.05) is 18.8 Å². The Labute approximate surface area is 159 Å². The Balaban J connectivity index is 1.65. The molecule has 0 bridgehead atoms. The standard InChI is InChI=1S/C17H14ClFN8/c18-12-5-10(1-2-13(12)19)25-16-15-14(23-9-24-16)6-21-17(26-15)27-4-3-11(7-27)22-8-20/h1-2,5-6,9,11,22H,3-4,7H2,(H,23,24,25). The zero-order valence-electron chi connectivity index (χ0n) is 14.0. The number of fused-ring (bicyclic) bond motifs is 1. The summed E-state index contributed by atoms with van der Waals surface area (Å²) in [6.45, 7) is 1.39. The highest BCUT2D eigenvalue weighted by atomic mass is 35.5. The molecule has 136 valence electrons. The van der Waals surface area contributed by atoms with Crippen molar-refractivity contribution in [2.75, 3.05) is 23.3 Å². The van der Waals surface area contributed by atoms with Crippen LogP contribution in [-0.4, -0.2) is 39.1 Å². The lowest BCUT2D eigenvalue weighted by Crippen LogP contribution is -2.30. The van der Waals surface area contributed by atoms with Crippen molar-refractivity contribution in [3.8, 4) is 6.19 Å². The molecule has 1 unspecified atom stereocenters. The van der Waals surface area contributed by atoms with Crippen LogP contribution in [0.5, 0.6) is 0 Å². The van der Waals surface area contributed by atoms with Crippen molar-refractivity contribution in [1.29, 1.82) is 5.26 Å². The maximum Gasteiger partial charge on any atom is 0.226 e. The van der Waals surface area contributed by atoms with E-state index in [0.717, 1.165) is 13.0 Å². The van der Waals surface area contributed by atoms with Gasteiger partial charge in [-0.05, 0) is 24.6 Å². The SMILES string of the molecule is N#CNC1CCN(c2ncc3ncnc(Nc4ccc(F)c(Cl)c4)c3n2)C1. The second-order valence-electron chi connectivity index (χ2n) is 6.07. The summed E-state index contributed by atoms with van der Waals surface area (Å²) in [5, 5.41) is 14.6. The van der Waals surface area contributed by atoms with Gasteiger partial charge in [0.05, 0.1) is 17.3 Å². The molecule has 0 spiro atoms. The van der Waals surface area contributed by atoms with Crippen LogP contribution in [0.2, 0.25) is 5.02 Å². The normalized spacial score (nSPS) is 16.3. The van der Waals surface area contributed by atoms with Gasteiger partial charge < -0.3 is 15.5 Å². The van der Waals surface area contributed by atoms with E-state index < -0.39 is 5.82 Å². The first-order valence-corrected chi connectivity index (χ1v) is 8.61. The lowest BCUT2D eigenvalue weighted by molar-refractivity contribution is 0.628. The maximum atomic E-state index is 13.4. The Kier molecular flexibility index (Phi) is 4.56. The van der Waals surface area contributed by atoms with Gasteiger partial charge in [-0.15, -0.1) is 0 Å². The number of nitrogens with one attached hydrogen (secondary N) is 2. The van der Waals surface area contributed by atoms with E-state index in [4.69, 9.17) is 16.9 Å². The monoisotopic (exact) mass is 384 g/mol. The summed E-state index contributed by atoms with van der Waals surface area (Å²) in [5.41, 5.74) is 1.70. The smallest absolute Gasteiger partial charge is 0.226 e. The Morgan fingerprint density at radius 3 is 3.00 bits per heavy atom. The van der Waals surface area contributed by atoms with Crippen molar-refractivity contribution in [2.24, 2.45) is 0 Å². The molecular weight excluding hydrogens is 371 g/mol. The molecule has 0 saturated carbocycles. The third-order valence-electron chi connectivity index (χ3n) is 4.29. The van der Waals surface area contributed by atoms with E-state index in [1.807, 2.05) is 11.1 Å². The van der Waals surface area contributed by atoms with E-state index in [9.17, 15) is 4.39 Å². The fourth-order valence-electron chi connectivity index (χ4n) is 2.95. The molecule has 2 aromatic heterocycles. The number of benzene rings is 1. The largest absolute Gasteiger partial charge is 0.339 e. The van der Waals surface area contributed by atoms with E-state index in [1.165, 1.54) is 18.5 Å². The first-order valence-electron chi connectivity index (χ1n) is 8.23. The van der Waals surface area contributed by atoms with Gasteiger partial charge in [-0.1, -0.05) is 11.6 Å². The molecule has 1 saturated heterocycles. The molecule has 2 N–H and O–H groups in total. The van der Waals surface area contributed by atoms with Gasteiger partial charge in [-0.3, -0.25) is 0 Å². The topological polar surface area (TPSA) is 103 Å². The van der Waals surface area contributed by atoms with Gasteiger partial charge in [0.25, 0.3) is 0 Å². The number of halogens is 2. The summed E-state index contributed by atoms with van der Waals surface area (Å²) >= 11 is 5.84. The molecule has 4 rings (SSSR count). The second kappa shape index (κ2) is 7.17. The third-order valence-corrected chi connectivity index (χ3v) is 4.58. The minimum atomic E-state index is -0.492. The molecular formula is C17H14ClFN8. The highest BCUT2D eigenvalue weighted by molar-refractivity contribution is 6.31. The van der Waals surface area contributed by atoms with E-state index in [-0.39, 0.29) is 11.1 Å². The van der Waals surface area contributed by atoms with E-state index in [2.05, 4.69) is 30.6 Å². The van der Waals surface area contributed by atoms with Crippen molar-refractivity contribution < 1.29 is 4.39 Å². The summed E-state index contributed by atoms with van der Waals surface area (Å²) in [7, 11) is 0. The van der Waals surface area contributed by atoms with Gasteiger partial charge in [0.15, 0.2) is 12.0 Å². The average Bonchev–Trinajstić information content (AvgIpc) is 3.14. The molecule has 0 amide bonds. The van der Waals surface area contributed by atoms with Gasteiger partial charge in [-0.2, -0.15) is 5.26 Å². The molecule has 1 aromatic carbocycles. The number of hydrogen-bond acceptors (Lipinski definition) is 8. The van der Waals surface area contributed by atoms with Crippen LogP contribution in [0.4, 0.5) is 21.8 Å². The number of anilines is 3. The van der Waals surface area contributed by atoms with E-state index in [1.54, 1.807) is 12.3 Å². The lowest BCUT2D eigenvalue weighted by atomic mass is 10.3. The van der Waals surface area contributed by atoms with Crippen LogP contribution >= 0.6 is 11.6 Å². The molecule has 3 heterocycles. The van der Waals surface area contributed by atoms with Gasteiger partial charge in [-0.25, -0.2) is 24.3 Å². The molecule has 3 aromatic rings. The lowest BCUT2D eigenvalue weighted by Gasteiger charge is -2.16. The molecule has 8 nitrogen and oxygen atoms in total. The van der Waals surface area contributed by atoms with E-state index >= 15 is 0 Å². The maximum absolute atomic E-state index is 13.4. The summed E-state index contributed by atoms with van der Waals surface area (Å²) in [6, 6.07) is 4.41. The first-order chi connectivity index (χ1) is 13.1. The predicted molar refractivity (Wildman–Crippen MR) is 99.2 cm³/mol. The van der Waals surface area contributed by atoms with Crippen LogP contribution < -0.4 is 15.5 Å². The van der Waals surface area contributed by atoms with Crippen LogP contribution in [0.3, 0.4) is 0 Å². The Bertz CT molecular complexity index is 1040. The number of nitriles is 1. The highest BCUT2D eigenvalue weighted by Crippen LogP contribution is 2.26. The summed E-state index contributed by atoms with van der Waals surface area (Å²) < 4.78 is 13.4. The Hall–Kier alpha value is -3.25. The first kappa shape index (κ1) is 17.2. The molecule has 1 aliphatic heterocycles. The zero-order chi connectivity index (χ0) is 18.8. The van der Waals surface area contributed by atoms with Crippen LogP contribution in [0.25, 0.3) is 11.0 Å². The molecule has 1 fully saturated rings. The van der Waals surface area contributed by atoms with Crippen molar-refractivity contribution in [3.05, 3.63) is 41.6 Å². The quantitative estimate of drug-likeness (QED) is 0.522. The van der Waals surface area contributed by atoms with E-state index in [0.29, 0.717) is 35.0 Å². The molecule has 0 aliphatic carbocycles. The third kappa shape index (κ3) is 3.52. The highest BCUT2D eigenvalue weighted by Gasteiger charge is 2.24. The Morgan fingerprint density at radius 1 is 1.30 bits per heavy atom. The van der Waals surface area contributed by atoms with Crippen LogP contribution in [0.1, 0.15) is 6.42 Å². The summed E-state index contributed by atoms with van der Waals surface area (Å²) in [4.78, 5) is 19.4. The van der Waals surface area contributed by atoms with Crippen molar-refractivity contribution in [2.45, 2.75) is 12.5 Å². The number of hydrogen-bond donors (Lipinski definition) is 2. The minimum absolute atomic E-state index is 0.0155. The number of nitrogens with zero attached hydrogens (tertiary/aromatic N) is 6. The van der Waals surface area contributed by atoms with Crippen molar-refractivity contribution >= 4 is 40.1 Å². The summed E-state index contributed by atoms with van der Waals surface area (Å²) in [6.07, 6.45) is 5.84. The molecule has 0 radical (unpaired) electrons. The summed E-state index contributed by atoms with van der Waals surface area (Å²) in [5.74, 6) is 0.519.